The van der Waals surface area contributed by atoms with Gasteiger partial charge in [0.2, 0.25) is 0 Å². The Hall–Kier alpha value is -2.83. The number of ether oxygens (including phenoxy) is 2. The van der Waals surface area contributed by atoms with E-state index in [2.05, 4.69) is 14.5 Å². The molecule has 1 heterocycles. The summed E-state index contributed by atoms with van der Waals surface area (Å²) in [6.45, 7) is 0. The van der Waals surface area contributed by atoms with E-state index in [1.165, 1.54) is 6.07 Å². The third-order valence-electron chi connectivity index (χ3n) is 2.04. The Balaban J connectivity index is 2.55. The molecule has 0 bridgehead atoms. The van der Waals surface area contributed by atoms with Crippen LogP contribution in [0.2, 0.25) is 0 Å². The van der Waals surface area contributed by atoms with E-state index in [9.17, 15) is 9.59 Å². The smallest absolute Gasteiger partial charge is 0.449 e. The first-order chi connectivity index (χ1) is 8.56. The van der Waals surface area contributed by atoms with Gasteiger partial charge in [-0.3, -0.25) is 0 Å². The fourth-order valence-corrected chi connectivity index (χ4v) is 1.40. The summed E-state index contributed by atoms with van der Waals surface area (Å²) in [6.07, 6.45) is -3.18. The summed E-state index contributed by atoms with van der Waals surface area (Å²) in [5, 5.41) is 17.7. The van der Waals surface area contributed by atoms with Crippen molar-refractivity contribution in [3.8, 4) is 11.6 Å². The fourth-order valence-electron chi connectivity index (χ4n) is 1.40. The van der Waals surface area contributed by atoms with E-state index in [0.717, 1.165) is 0 Å². The van der Waals surface area contributed by atoms with Gasteiger partial charge in [0.05, 0.1) is 5.52 Å². The maximum atomic E-state index is 10.5. The van der Waals surface area contributed by atoms with Gasteiger partial charge in [-0.2, -0.15) is 0 Å². The zero-order valence-electron chi connectivity index (χ0n) is 8.86. The molecule has 0 aliphatic carbocycles. The molecule has 0 aliphatic heterocycles. The van der Waals surface area contributed by atoms with Gasteiger partial charge < -0.3 is 19.7 Å². The highest BCUT2D eigenvalue weighted by Crippen LogP contribution is 2.29. The van der Waals surface area contributed by atoms with E-state index < -0.39 is 18.2 Å². The molecule has 7 heteroatoms. The molecule has 2 N–H and O–H groups in total. The number of rotatable bonds is 2. The monoisotopic (exact) mass is 249 g/mol. The number of para-hydroxylation sites is 1. The van der Waals surface area contributed by atoms with Crippen LogP contribution in [0.3, 0.4) is 0 Å². The van der Waals surface area contributed by atoms with Gasteiger partial charge in [0, 0.05) is 5.39 Å². The van der Waals surface area contributed by atoms with Crippen molar-refractivity contribution in [2.45, 2.75) is 0 Å². The van der Waals surface area contributed by atoms with Gasteiger partial charge in [-0.1, -0.05) is 18.2 Å². The minimum absolute atomic E-state index is 0.274. The van der Waals surface area contributed by atoms with Gasteiger partial charge in [-0.05, 0) is 12.1 Å². The summed E-state index contributed by atoms with van der Waals surface area (Å²) < 4.78 is 8.79. The summed E-state index contributed by atoms with van der Waals surface area (Å²) in [5.74, 6) is -0.688. The fraction of sp³-hybridized carbons (Fsp3) is 0. The third kappa shape index (κ3) is 2.46. The van der Waals surface area contributed by atoms with E-state index in [1.54, 1.807) is 24.3 Å². The van der Waals surface area contributed by atoms with E-state index >= 15 is 0 Å². The highest BCUT2D eigenvalue weighted by molar-refractivity contribution is 5.82. The topological polar surface area (TPSA) is 106 Å². The number of hydrogen-bond acceptors (Lipinski definition) is 5. The molecule has 2 rings (SSSR count). The lowest BCUT2D eigenvalue weighted by molar-refractivity contribution is 0.131. The first kappa shape index (κ1) is 11.6. The molecule has 0 amide bonds. The van der Waals surface area contributed by atoms with E-state index in [1.807, 2.05) is 0 Å². The van der Waals surface area contributed by atoms with E-state index in [0.29, 0.717) is 10.9 Å². The van der Waals surface area contributed by atoms with Crippen molar-refractivity contribution < 1.29 is 29.3 Å². The molecule has 0 aliphatic rings. The van der Waals surface area contributed by atoms with Gasteiger partial charge >= 0.3 is 12.3 Å². The van der Waals surface area contributed by atoms with Crippen molar-refractivity contribution in [3.05, 3.63) is 30.3 Å². The largest absolute Gasteiger partial charge is 0.512 e. The van der Waals surface area contributed by atoms with Crippen LogP contribution in [-0.2, 0) is 0 Å². The number of hydrogen-bond donors (Lipinski definition) is 2. The van der Waals surface area contributed by atoms with Gasteiger partial charge in [0.15, 0.2) is 5.75 Å². The molecule has 0 fully saturated rings. The Kier molecular flexibility index (Phi) is 2.96. The Morgan fingerprint density at radius 2 is 1.72 bits per heavy atom. The van der Waals surface area contributed by atoms with Crippen molar-refractivity contribution in [3.63, 3.8) is 0 Å². The molecule has 18 heavy (non-hydrogen) atoms. The number of carbonyl (C=O) groups is 2. The van der Waals surface area contributed by atoms with E-state index in [-0.39, 0.29) is 5.75 Å². The summed E-state index contributed by atoms with van der Waals surface area (Å²) in [5.41, 5.74) is 0.464. The normalized spacial score (nSPS) is 10.0. The molecule has 7 nitrogen and oxygen atoms in total. The van der Waals surface area contributed by atoms with Crippen molar-refractivity contribution >= 4 is 23.2 Å². The highest BCUT2D eigenvalue weighted by atomic mass is 16.7. The van der Waals surface area contributed by atoms with Crippen LogP contribution < -0.4 is 9.47 Å². The number of pyridine rings is 1. The first-order valence-corrected chi connectivity index (χ1v) is 4.77. The lowest BCUT2D eigenvalue weighted by Gasteiger charge is -2.07. The molecule has 0 unspecified atom stereocenters. The van der Waals surface area contributed by atoms with Crippen LogP contribution in [0.5, 0.6) is 11.6 Å². The average Bonchev–Trinajstić information content (AvgIpc) is 2.28. The van der Waals surface area contributed by atoms with Crippen molar-refractivity contribution in [2.75, 3.05) is 0 Å². The summed E-state index contributed by atoms with van der Waals surface area (Å²) in [4.78, 5) is 24.8. The lowest BCUT2D eigenvalue weighted by atomic mass is 10.2. The van der Waals surface area contributed by atoms with Gasteiger partial charge in [-0.25, -0.2) is 14.6 Å². The molecule has 0 saturated carbocycles. The molecule has 92 valence electrons. The Morgan fingerprint density at radius 3 is 2.39 bits per heavy atom. The maximum Gasteiger partial charge on any atom is 0.512 e. The number of benzene rings is 1. The Bertz CT molecular complexity index is 569. The zero-order chi connectivity index (χ0) is 13.1. The predicted molar refractivity (Wildman–Crippen MR) is 59.0 cm³/mol. The quantitative estimate of drug-likeness (QED) is 0.786. The van der Waals surface area contributed by atoms with Crippen molar-refractivity contribution in [2.24, 2.45) is 0 Å². The lowest BCUT2D eigenvalue weighted by Crippen LogP contribution is -2.09. The second-order valence-electron chi connectivity index (χ2n) is 3.22. The third-order valence-corrected chi connectivity index (χ3v) is 2.04. The highest BCUT2D eigenvalue weighted by Gasteiger charge is 2.15. The summed E-state index contributed by atoms with van der Waals surface area (Å²) >= 11 is 0. The number of carboxylic acid groups (broad SMARTS) is 2. The predicted octanol–water partition coefficient (Wildman–Crippen LogP) is 2.35. The van der Waals surface area contributed by atoms with E-state index in [4.69, 9.17) is 10.2 Å². The van der Waals surface area contributed by atoms with Crippen LogP contribution in [0.15, 0.2) is 30.3 Å². The Labute approximate surface area is 100 Å². The number of aromatic nitrogens is 1. The van der Waals surface area contributed by atoms with Crippen LogP contribution in [0.4, 0.5) is 9.59 Å². The second kappa shape index (κ2) is 4.58. The first-order valence-electron chi connectivity index (χ1n) is 4.77. The average molecular weight is 249 g/mol. The second-order valence-corrected chi connectivity index (χ2v) is 3.22. The number of nitrogens with zero attached hydrogens (tertiary/aromatic N) is 1. The van der Waals surface area contributed by atoms with Gasteiger partial charge in [-0.15, -0.1) is 0 Å². The van der Waals surface area contributed by atoms with Crippen molar-refractivity contribution in [1.82, 2.24) is 4.98 Å². The summed E-state index contributed by atoms with van der Waals surface area (Å²) in [6, 6.07) is 8.09. The standard InChI is InChI=1S/C11H7NO6/c13-10(14)17-8-5-6-3-1-2-4-7(6)12-9(8)18-11(15)16/h1-5H,(H,13,14)(H,15,16). The van der Waals surface area contributed by atoms with Crippen LogP contribution in [-0.4, -0.2) is 27.5 Å². The van der Waals surface area contributed by atoms with Crippen LogP contribution >= 0.6 is 0 Å². The molecule has 1 aromatic carbocycles. The molecule has 2 aromatic rings. The van der Waals surface area contributed by atoms with Crippen molar-refractivity contribution in [1.29, 1.82) is 0 Å². The van der Waals surface area contributed by atoms with Crippen LogP contribution in [0.25, 0.3) is 10.9 Å². The van der Waals surface area contributed by atoms with Gasteiger partial charge in [0.25, 0.3) is 5.88 Å². The molecule has 1 aromatic heterocycles. The number of fused-ring (bicyclic) bond motifs is 1. The maximum absolute atomic E-state index is 10.5. The van der Waals surface area contributed by atoms with Gasteiger partial charge in [0.1, 0.15) is 0 Å². The molecular weight excluding hydrogens is 242 g/mol. The van der Waals surface area contributed by atoms with Crippen LogP contribution in [0.1, 0.15) is 0 Å². The molecule has 0 radical (unpaired) electrons. The SMILES string of the molecule is O=C(O)Oc1cc2ccccc2nc1OC(=O)O. The van der Waals surface area contributed by atoms with Crippen LogP contribution in [0, 0.1) is 0 Å². The molecule has 0 spiro atoms. The summed E-state index contributed by atoms with van der Waals surface area (Å²) in [7, 11) is 0. The zero-order valence-corrected chi connectivity index (χ0v) is 8.86. The minimum atomic E-state index is -1.60. The molecule has 0 atom stereocenters. The molecule has 0 saturated heterocycles. The minimum Gasteiger partial charge on any atom is -0.449 e. The Morgan fingerprint density at radius 1 is 1.06 bits per heavy atom. The molecular formula is C11H7NO6.